The van der Waals surface area contributed by atoms with E-state index in [1.54, 1.807) is 0 Å². The van der Waals surface area contributed by atoms with E-state index in [1.807, 2.05) is 36.8 Å². The number of nitrogens with one attached hydrogen (secondary N) is 3. The molecule has 127 valence electrons. The van der Waals surface area contributed by atoms with Gasteiger partial charge in [-0.25, -0.2) is 4.90 Å². The number of hydrogen-bond acceptors (Lipinski definition) is 4. The fourth-order valence-electron chi connectivity index (χ4n) is 3.55. The van der Waals surface area contributed by atoms with Gasteiger partial charge in [0.1, 0.15) is 17.0 Å². The first kappa shape index (κ1) is 17.7. The van der Waals surface area contributed by atoms with Gasteiger partial charge in [0, 0.05) is 17.1 Å². The second kappa shape index (κ2) is 6.44. The van der Waals surface area contributed by atoms with Crippen molar-refractivity contribution >= 4 is 0 Å². The van der Waals surface area contributed by atoms with Gasteiger partial charge < -0.3 is 16.0 Å². The molecule has 3 unspecified atom stereocenters. The van der Waals surface area contributed by atoms with Crippen LogP contribution < -0.4 is 16.0 Å². The standard InChI is InChI=1S/C18H24N4.Cu/c1-16(10-4-7-13-19-16)22(17(2)11-5-8-14-20-17)18(3)12-6-9-15-21-18;/h4-15,19-21H,1-3H3;. The number of dihydropyridines is 3. The molecular formula is C18H24CuN4. The fraction of sp³-hybridized carbons (Fsp3) is 0.333. The molecule has 23 heavy (non-hydrogen) atoms. The minimum Gasteiger partial charge on any atom is -0.370 e. The zero-order chi connectivity index (χ0) is 15.7. The zero-order valence-electron chi connectivity index (χ0n) is 13.7. The van der Waals surface area contributed by atoms with Crippen LogP contribution in [-0.2, 0) is 17.1 Å². The largest absolute Gasteiger partial charge is 0.370 e. The Bertz CT molecular complexity index is 533. The maximum absolute atomic E-state index is 3.50. The Morgan fingerprint density at radius 3 is 1.09 bits per heavy atom. The Labute approximate surface area is 149 Å². The second-order valence-electron chi connectivity index (χ2n) is 6.37. The molecule has 0 spiro atoms. The van der Waals surface area contributed by atoms with Crippen LogP contribution in [0, 0.1) is 0 Å². The van der Waals surface area contributed by atoms with Gasteiger partial charge in [0.25, 0.3) is 0 Å². The smallest absolute Gasteiger partial charge is 0.111 e. The van der Waals surface area contributed by atoms with Crippen LogP contribution >= 0.6 is 0 Å². The molecule has 0 aromatic heterocycles. The molecule has 3 aliphatic heterocycles. The van der Waals surface area contributed by atoms with Crippen molar-refractivity contribution in [2.24, 2.45) is 0 Å². The molecule has 0 amide bonds. The zero-order valence-corrected chi connectivity index (χ0v) is 14.6. The van der Waals surface area contributed by atoms with Gasteiger partial charge in [0.05, 0.1) is 0 Å². The predicted octanol–water partition coefficient (Wildman–Crippen LogP) is 2.45. The number of rotatable bonds is 3. The van der Waals surface area contributed by atoms with E-state index in [1.165, 1.54) is 0 Å². The van der Waals surface area contributed by atoms with Crippen molar-refractivity contribution < 1.29 is 17.1 Å². The first-order chi connectivity index (χ1) is 10.5. The molecule has 0 fully saturated rings. The molecule has 1 radical (unpaired) electrons. The topological polar surface area (TPSA) is 39.3 Å². The molecule has 3 N–H and O–H groups in total. The van der Waals surface area contributed by atoms with Gasteiger partial charge in [0.2, 0.25) is 0 Å². The Hall–Kier alpha value is -1.68. The van der Waals surface area contributed by atoms with E-state index in [4.69, 9.17) is 0 Å². The maximum atomic E-state index is 3.50. The molecule has 0 aromatic rings. The van der Waals surface area contributed by atoms with E-state index in [-0.39, 0.29) is 34.1 Å². The average molecular weight is 360 g/mol. The van der Waals surface area contributed by atoms with Crippen LogP contribution in [0.4, 0.5) is 0 Å². The summed E-state index contributed by atoms with van der Waals surface area (Å²) >= 11 is 0. The normalized spacial score (nSPS) is 37.0. The van der Waals surface area contributed by atoms with E-state index in [0.717, 1.165) is 0 Å². The molecule has 3 heterocycles. The monoisotopic (exact) mass is 359 g/mol. The van der Waals surface area contributed by atoms with Crippen molar-refractivity contribution in [3.05, 3.63) is 73.3 Å². The van der Waals surface area contributed by atoms with Crippen molar-refractivity contribution in [3.8, 4) is 0 Å². The Morgan fingerprint density at radius 1 is 0.565 bits per heavy atom. The third-order valence-corrected chi connectivity index (χ3v) is 4.40. The molecule has 0 saturated carbocycles. The van der Waals surface area contributed by atoms with Crippen LogP contribution in [0.5, 0.6) is 0 Å². The molecule has 3 rings (SSSR count). The van der Waals surface area contributed by atoms with Crippen molar-refractivity contribution in [1.29, 1.82) is 0 Å². The van der Waals surface area contributed by atoms with Crippen LogP contribution in [0.1, 0.15) is 20.8 Å². The van der Waals surface area contributed by atoms with E-state index in [0.29, 0.717) is 0 Å². The van der Waals surface area contributed by atoms with Crippen LogP contribution in [0.15, 0.2) is 73.3 Å². The Morgan fingerprint density at radius 2 is 0.870 bits per heavy atom. The summed E-state index contributed by atoms with van der Waals surface area (Å²) in [7, 11) is 0. The van der Waals surface area contributed by atoms with Gasteiger partial charge in [-0.3, -0.25) is 0 Å². The van der Waals surface area contributed by atoms with Gasteiger partial charge in [0.15, 0.2) is 0 Å². The molecule has 3 aliphatic rings. The summed E-state index contributed by atoms with van der Waals surface area (Å²) in [6, 6.07) is 0. The molecule has 0 saturated heterocycles. The summed E-state index contributed by atoms with van der Waals surface area (Å²) in [6.45, 7) is 6.56. The summed E-state index contributed by atoms with van der Waals surface area (Å²) in [5.41, 5.74) is -1.03. The maximum Gasteiger partial charge on any atom is 0.111 e. The van der Waals surface area contributed by atoms with Gasteiger partial charge in [-0.2, -0.15) is 0 Å². The second-order valence-corrected chi connectivity index (χ2v) is 6.37. The van der Waals surface area contributed by atoms with Crippen LogP contribution in [0.3, 0.4) is 0 Å². The quantitative estimate of drug-likeness (QED) is 0.677. The summed E-state index contributed by atoms with van der Waals surface area (Å²) in [4.78, 5) is 2.40. The number of hydrogen-bond donors (Lipinski definition) is 3. The molecule has 0 bridgehead atoms. The van der Waals surface area contributed by atoms with Crippen molar-refractivity contribution in [2.45, 2.75) is 37.8 Å². The summed E-state index contributed by atoms with van der Waals surface area (Å²) < 4.78 is 0. The first-order valence-electron chi connectivity index (χ1n) is 7.65. The van der Waals surface area contributed by atoms with Gasteiger partial charge in [-0.1, -0.05) is 18.2 Å². The summed E-state index contributed by atoms with van der Waals surface area (Å²) in [5.74, 6) is 0. The third kappa shape index (κ3) is 3.18. The molecule has 5 heteroatoms. The van der Waals surface area contributed by atoms with Gasteiger partial charge in [-0.15, -0.1) is 0 Å². The van der Waals surface area contributed by atoms with Crippen LogP contribution in [0.2, 0.25) is 0 Å². The van der Waals surface area contributed by atoms with E-state index in [9.17, 15) is 0 Å². The molecule has 0 aromatic carbocycles. The minimum absolute atomic E-state index is 0. The van der Waals surface area contributed by atoms with Crippen molar-refractivity contribution in [1.82, 2.24) is 20.9 Å². The number of nitrogens with zero attached hydrogens (tertiary/aromatic N) is 1. The van der Waals surface area contributed by atoms with E-state index < -0.39 is 0 Å². The van der Waals surface area contributed by atoms with Crippen molar-refractivity contribution in [3.63, 3.8) is 0 Å². The fourth-order valence-corrected chi connectivity index (χ4v) is 3.55. The minimum atomic E-state index is -0.344. The van der Waals surface area contributed by atoms with E-state index >= 15 is 0 Å². The molecule has 3 atom stereocenters. The van der Waals surface area contributed by atoms with Gasteiger partial charge >= 0.3 is 0 Å². The van der Waals surface area contributed by atoms with Crippen molar-refractivity contribution in [2.75, 3.05) is 0 Å². The van der Waals surface area contributed by atoms with E-state index in [2.05, 4.69) is 78.1 Å². The molecule has 4 nitrogen and oxygen atoms in total. The Balaban J connectivity index is 0.00000192. The molecular weight excluding hydrogens is 336 g/mol. The average Bonchev–Trinajstić information content (AvgIpc) is 2.48. The SMILES string of the molecule is CC1(N(C2(C)C=CC=CN2)C2(C)C=CC=CN2)C=CC=CN1.[Cu]. The molecule has 0 aliphatic carbocycles. The summed E-state index contributed by atoms with van der Waals surface area (Å²) in [5, 5.41) is 10.5. The third-order valence-electron chi connectivity index (χ3n) is 4.40. The Kier molecular flexibility index (Phi) is 4.95. The first-order valence-corrected chi connectivity index (χ1v) is 7.65. The van der Waals surface area contributed by atoms with Crippen LogP contribution in [0.25, 0.3) is 0 Å². The predicted molar refractivity (Wildman–Crippen MR) is 91.3 cm³/mol. The summed E-state index contributed by atoms with van der Waals surface area (Å²) in [6.07, 6.45) is 24.8. The van der Waals surface area contributed by atoms with Crippen LogP contribution in [-0.4, -0.2) is 21.9 Å². The number of allylic oxidation sites excluding steroid dienone is 6. The van der Waals surface area contributed by atoms with Gasteiger partial charge in [-0.05, 0) is 75.8 Å².